The van der Waals surface area contributed by atoms with Crippen molar-refractivity contribution in [1.29, 1.82) is 0 Å². The van der Waals surface area contributed by atoms with E-state index in [0.717, 1.165) is 12.1 Å². The Balaban J connectivity index is 2.74. The van der Waals surface area contributed by atoms with Gasteiger partial charge in [0.05, 0.1) is 17.7 Å². The molecule has 0 atom stereocenters. The number of carbonyl (C=O) groups is 1. The molecule has 19 heavy (non-hydrogen) atoms. The van der Waals surface area contributed by atoms with Gasteiger partial charge in [0.15, 0.2) is 0 Å². The molecule has 0 aliphatic rings. The molecule has 0 aromatic heterocycles. The molecular formula is C10H9F4NO3S. The molecule has 1 aromatic rings. The smallest absolute Gasteiger partial charge is 0.268 e. The maximum atomic E-state index is 13.2. The Hall–Kier alpha value is -1.64. The van der Waals surface area contributed by atoms with Gasteiger partial charge in [-0.2, -0.15) is 13.2 Å². The molecule has 0 heterocycles. The predicted octanol–water partition coefficient (Wildman–Crippen LogP) is 1.84. The average molecular weight is 299 g/mol. The maximum absolute atomic E-state index is 13.2. The van der Waals surface area contributed by atoms with Gasteiger partial charge < -0.3 is 0 Å². The van der Waals surface area contributed by atoms with E-state index in [1.807, 2.05) is 0 Å². The van der Waals surface area contributed by atoms with Crippen LogP contribution in [0.4, 0.5) is 17.6 Å². The first-order valence-corrected chi connectivity index (χ1v) is 6.62. The molecule has 0 fully saturated rings. The van der Waals surface area contributed by atoms with Crippen LogP contribution in [0.2, 0.25) is 0 Å². The van der Waals surface area contributed by atoms with Crippen LogP contribution in [0.5, 0.6) is 0 Å². The Kier molecular flexibility index (Phi) is 4.51. The van der Waals surface area contributed by atoms with Gasteiger partial charge in [-0.1, -0.05) is 12.1 Å². The number of rotatable bonds is 4. The fraction of sp³-hybridized carbons (Fsp3) is 0.300. The molecule has 1 N–H and O–H groups in total. The highest BCUT2D eigenvalue weighted by atomic mass is 32.2. The topological polar surface area (TPSA) is 63.2 Å². The van der Waals surface area contributed by atoms with Crippen LogP contribution in [0.3, 0.4) is 0 Å². The van der Waals surface area contributed by atoms with Crippen LogP contribution in [0, 0.1) is 5.82 Å². The van der Waals surface area contributed by atoms with Gasteiger partial charge in [0.2, 0.25) is 10.0 Å². The van der Waals surface area contributed by atoms with Crippen LogP contribution in [-0.4, -0.2) is 26.3 Å². The van der Waals surface area contributed by atoms with Crippen molar-refractivity contribution in [3.05, 3.63) is 35.6 Å². The second-order valence-electron chi connectivity index (χ2n) is 3.60. The van der Waals surface area contributed by atoms with Crippen molar-refractivity contribution in [2.75, 3.05) is 5.75 Å². The summed E-state index contributed by atoms with van der Waals surface area (Å²) < 4.78 is 72.6. The van der Waals surface area contributed by atoms with E-state index in [1.54, 1.807) is 0 Å². The molecule has 0 aliphatic carbocycles. The number of sulfonamides is 1. The fourth-order valence-corrected chi connectivity index (χ4v) is 2.14. The minimum atomic E-state index is -4.66. The van der Waals surface area contributed by atoms with E-state index in [2.05, 4.69) is 0 Å². The van der Waals surface area contributed by atoms with Crippen LogP contribution < -0.4 is 4.72 Å². The Morgan fingerprint density at radius 3 is 2.32 bits per heavy atom. The molecule has 1 amide bonds. The van der Waals surface area contributed by atoms with E-state index in [-0.39, 0.29) is 0 Å². The lowest BCUT2D eigenvalue weighted by molar-refractivity contribution is -0.130. The lowest BCUT2D eigenvalue weighted by Crippen LogP contribution is -2.34. The molecule has 1 aromatic carbocycles. The van der Waals surface area contributed by atoms with E-state index in [4.69, 9.17) is 0 Å². The zero-order chi connectivity index (χ0) is 14.7. The molecule has 4 nitrogen and oxygen atoms in total. The molecule has 0 radical (unpaired) electrons. The third kappa shape index (κ3) is 5.25. The molecule has 9 heteroatoms. The van der Waals surface area contributed by atoms with Gasteiger partial charge in [0, 0.05) is 0 Å². The highest BCUT2D eigenvalue weighted by Crippen LogP contribution is 2.20. The summed E-state index contributed by atoms with van der Waals surface area (Å²) in [6.07, 6.45) is -6.25. The minimum Gasteiger partial charge on any atom is -0.268 e. The van der Waals surface area contributed by atoms with Crippen molar-refractivity contribution in [3.63, 3.8) is 0 Å². The Labute approximate surface area is 106 Å². The summed E-state index contributed by atoms with van der Waals surface area (Å²) in [6, 6.07) is 4.52. The quantitative estimate of drug-likeness (QED) is 0.863. The highest BCUT2D eigenvalue weighted by Gasteiger charge is 2.30. The Morgan fingerprint density at radius 1 is 1.21 bits per heavy atom. The van der Waals surface area contributed by atoms with Crippen LogP contribution in [0.15, 0.2) is 24.3 Å². The normalized spacial score (nSPS) is 12.2. The van der Waals surface area contributed by atoms with Gasteiger partial charge in [-0.3, -0.25) is 4.79 Å². The zero-order valence-corrected chi connectivity index (χ0v) is 10.2. The van der Waals surface area contributed by atoms with Gasteiger partial charge in [0.1, 0.15) is 5.82 Å². The molecule has 0 saturated carbocycles. The first-order valence-electron chi connectivity index (χ1n) is 4.97. The van der Waals surface area contributed by atoms with Crippen molar-refractivity contribution in [2.45, 2.75) is 12.6 Å². The molecule has 1 rings (SSSR count). The van der Waals surface area contributed by atoms with E-state index in [0.29, 0.717) is 0 Å². The molecular weight excluding hydrogens is 290 g/mol. The largest absolute Gasteiger partial charge is 0.390 e. The predicted molar refractivity (Wildman–Crippen MR) is 58.3 cm³/mol. The van der Waals surface area contributed by atoms with Crippen molar-refractivity contribution in [3.8, 4) is 0 Å². The number of nitrogens with one attached hydrogen (secondary N) is 1. The van der Waals surface area contributed by atoms with E-state index >= 15 is 0 Å². The van der Waals surface area contributed by atoms with Crippen molar-refractivity contribution in [1.82, 2.24) is 4.72 Å². The number of amides is 1. The molecule has 0 spiro atoms. The van der Waals surface area contributed by atoms with Gasteiger partial charge in [0.25, 0.3) is 5.91 Å². The third-order valence-electron chi connectivity index (χ3n) is 2.02. The Morgan fingerprint density at radius 2 is 1.79 bits per heavy atom. The maximum Gasteiger partial charge on any atom is 0.390 e. The summed E-state index contributed by atoms with van der Waals surface area (Å²) in [5.74, 6) is -3.57. The summed E-state index contributed by atoms with van der Waals surface area (Å²) >= 11 is 0. The molecule has 0 saturated heterocycles. The number of carbonyl (C=O) groups excluding carboxylic acids is 1. The summed E-state index contributed by atoms with van der Waals surface area (Å²) in [6.45, 7) is 0. The molecule has 106 valence electrons. The lowest BCUT2D eigenvalue weighted by Gasteiger charge is -2.09. The van der Waals surface area contributed by atoms with Crippen molar-refractivity contribution >= 4 is 15.9 Å². The summed E-state index contributed by atoms with van der Waals surface area (Å²) in [5.41, 5.74) is -0.557. The van der Waals surface area contributed by atoms with Crippen LogP contribution in [-0.2, 0) is 10.0 Å². The van der Waals surface area contributed by atoms with Gasteiger partial charge in [-0.25, -0.2) is 17.5 Å². The minimum absolute atomic E-state index is 0.557. The molecule has 0 unspecified atom stereocenters. The SMILES string of the molecule is O=C(NS(=O)(=O)CCC(F)(F)F)c1ccccc1F. The fourth-order valence-electron chi connectivity index (χ4n) is 1.14. The summed E-state index contributed by atoms with van der Waals surface area (Å²) in [4.78, 5) is 11.4. The first-order chi connectivity index (χ1) is 8.61. The van der Waals surface area contributed by atoms with Crippen molar-refractivity contribution < 1.29 is 30.8 Å². The summed E-state index contributed by atoms with van der Waals surface area (Å²) in [5, 5.41) is 0. The lowest BCUT2D eigenvalue weighted by atomic mass is 10.2. The Bertz CT molecular complexity index is 568. The number of halogens is 4. The second kappa shape index (κ2) is 5.55. The van der Waals surface area contributed by atoms with Gasteiger partial charge >= 0.3 is 6.18 Å². The first kappa shape index (κ1) is 15.4. The number of hydrogen-bond acceptors (Lipinski definition) is 3. The number of benzene rings is 1. The summed E-state index contributed by atoms with van der Waals surface area (Å²) in [7, 11) is -4.47. The second-order valence-corrected chi connectivity index (χ2v) is 5.44. The van der Waals surface area contributed by atoms with E-state index in [9.17, 15) is 30.8 Å². The third-order valence-corrected chi connectivity index (χ3v) is 3.26. The van der Waals surface area contributed by atoms with E-state index < -0.39 is 45.7 Å². The van der Waals surface area contributed by atoms with Gasteiger partial charge in [-0.05, 0) is 12.1 Å². The molecule has 0 aliphatic heterocycles. The highest BCUT2D eigenvalue weighted by molar-refractivity contribution is 7.90. The standard InChI is InChI=1S/C10H9F4NO3S/c11-8-4-2-1-3-7(8)9(16)15-19(17,18)6-5-10(12,13)14/h1-4H,5-6H2,(H,15,16). The van der Waals surface area contributed by atoms with Crippen LogP contribution >= 0.6 is 0 Å². The number of alkyl halides is 3. The molecule has 0 bridgehead atoms. The van der Waals surface area contributed by atoms with Crippen LogP contribution in [0.1, 0.15) is 16.8 Å². The van der Waals surface area contributed by atoms with Gasteiger partial charge in [-0.15, -0.1) is 0 Å². The van der Waals surface area contributed by atoms with E-state index in [1.165, 1.54) is 16.9 Å². The van der Waals surface area contributed by atoms with Crippen LogP contribution in [0.25, 0.3) is 0 Å². The number of hydrogen-bond donors (Lipinski definition) is 1. The van der Waals surface area contributed by atoms with Crippen molar-refractivity contribution in [2.24, 2.45) is 0 Å². The monoisotopic (exact) mass is 299 g/mol. The average Bonchev–Trinajstić information content (AvgIpc) is 2.25. The zero-order valence-electron chi connectivity index (χ0n) is 9.37.